The lowest BCUT2D eigenvalue weighted by atomic mass is 10.0. The van der Waals surface area contributed by atoms with Gasteiger partial charge >= 0.3 is 0 Å². The van der Waals surface area contributed by atoms with Crippen LogP contribution >= 0.6 is 0 Å². The predicted octanol–water partition coefficient (Wildman–Crippen LogP) is 0.809. The molecular weight excluding hydrogens is 226 g/mol. The predicted molar refractivity (Wildman–Crippen MR) is 67.3 cm³/mol. The van der Waals surface area contributed by atoms with Crippen LogP contribution in [0.2, 0.25) is 0 Å². The maximum Gasteiger partial charge on any atom is 0.151 e. The molecule has 0 aliphatic carbocycles. The van der Waals surface area contributed by atoms with Gasteiger partial charge < -0.3 is 10.4 Å². The molecule has 0 heterocycles. The number of aliphatic hydroxyl groups excluding tert-OH is 1. The molecule has 2 N–H and O–H groups in total. The smallest absolute Gasteiger partial charge is 0.151 e. The van der Waals surface area contributed by atoms with Gasteiger partial charge in [0.2, 0.25) is 0 Å². The molecule has 0 bridgehead atoms. The third kappa shape index (κ3) is 8.07. The number of rotatable bonds is 10. The van der Waals surface area contributed by atoms with E-state index in [1.165, 1.54) is 0 Å². The van der Waals surface area contributed by atoms with Gasteiger partial charge in [-0.2, -0.15) is 0 Å². The first kappa shape index (κ1) is 15.9. The molecule has 0 saturated heterocycles. The van der Waals surface area contributed by atoms with Gasteiger partial charge in [0.1, 0.15) is 0 Å². The summed E-state index contributed by atoms with van der Waals surface area (Å²) in [6, 6.07) is 0. The molecule has 1 unspecified atom stereocenters. The van der Waals surface area contributed by atoms with Gasteiger partial charge in [-0.15, -0.1) is 0 Å². The Morgan fingerprint density at radius 1 is 1.25 bits per heavy atom. The summed E-state index contributed by atoms with van der Waals surface area (Å²) in [7, 11) is -2.85. The maximum atomic E-state index is 11.2. The van der Waals surface area contributed by atoms with Crippen LogP contribution in [0.5, 0.6) is 0 Å². The highest BCUT2D eigenvalue weighted by molar-refractivity contribution is 7.91. The summed E-state index contributed by atoms with van der Waals surface area (Å²) in [5.74, 6) is 0.880. The van der Waals surface area contributed by atoms with Gasteiger partial charge in [-0.1, -0.05) is 20.3 Å². The fourth-order valence-electron chi connectivity index (χ4n) is 1.62. The van der Waals surface area contributed by atoms with Crippen molar-refractivity contribution in [3.63, 3.8) is 0 Å². The van der Waals surface area contributed by atoms with E-state index in [0.29, 0.717) is 12.5 Å². The fourth-order valence-corrected chi connectivity index (χ4v) is 2.36. The Balaban J connectivity index is 3.69. The molecule has 0 fully saturated rings. The van der Waals surface area contributed by atoms with Crippen LogP contribution in [0, 0.1) is 5.92 Å². The van der Waals surface area contributed by atoms with E-state index in [4.69, 9.17) is 5.11 Å². The largest absolute Gasteiger partial charge is 0.396 e. The van der Waals surface area contributed by atoms with Gasteiger partial charge in [0.15, 0.2) is 9.84 Å². The number of nitrogens with one attached hydrogen (secondary N) is 1. The van der Waals surface area contributed by atoms with E-state index in [9.17, 15) is 8.42 Å². The second-order valence-electron chi connectivity index (χ2n) is 4.11. The zero-order chi connectivity index (χ0) is 12.4. The molecule has 0 aliphatic rings. The Hall–Kier alpha value is -0.130. The molecule has 5 heteroatoms. The number of hydrogen-bond acceptors (Lipinski definition) is 4. The van der Waals surface area contributed by atoms with Gasteiger partial charge in [0.05, 0.1) is 5.75 Å². The van der Waals surface area contributed by atoms with Crippen LogP contribution in [0.1, 0.15) is 33.1 Å². The molecule has 98 valence electrons. The summed E-state index contributed by atoms with van der Waals surface area (Å²) in [5.41, 5.74) is 0. The molecule has 4 nitrogen and oxygen atoms in total. The van der Waals surface area contributed by atoms with Crippen molar-refractivity contribution in [3.8, 4) is 0 Å². The summed E-state index contributed by atoms with van der Waals surface area (Å²) < 4.78 is 22.4. The van der Waals surface area contributed by atoms with E-state index in [2.05, 4.69) is 12.2 Å². The van der Waals surface area contributed by atoms with Crippen LogP contribution < -0.4 is 5.32 Å². The second-order valence-corrected chi connectivity index (χ2v) is 6.58. The van der Waals surface area contributed by atoms with Crippen LogP contribution in [-0.2, 0) is 9.84 Å². The minimum atomic E-state index is -2.85. The molecule has 0 aromatic heterocycles. The van der Waals surface area contributed by atoms with Gasteiger partial charge in [0, 0.05) is 18.9 Å². The van der Waals surface area contributed by atoms with Crippen molar-refractivity contribution in [2.24, 2.45) is 5.92 Å². The Morgan fingerprint density at radius 3 is 2.44 bits per heavy atom. The number of hydrogen-bond donors (Lipinski definition) is 2. The molecule has 1 atom stereocenters. The summed E-state index contributed by atoms with van der Waals surface area (Å²) in [4.78, 5) is 0. The molecule has 16 heavy (non-hydrogen) atoms. The standard InChI is InChI=1S/C11H25NO3S/c1-3-5-11(6-8-13)10-12-7-9-16(14,15)4-2/h11-13H,3-10H2,1-2H3. The van der Waals surface area contributed by atoms with Gasteiger partial charge in [-0.3, -0.25) is 0 Å². The van der Waals surface area contributed by atoms with Crippen LogP contribution in [0.4, 0.5) is 0 Å². The molecule has 0 spiro atoms. The zero-order valence-corrected chi connectivity index (χ0v) is 11.2. The Bertz CT molecular complexity index is 246. The summed E-state index contributed by atoms with van der Waals surface area (Å²) in [6.07, 6.45) is 2.97. The van der Waals surface area contributed by atoms with Crippen LogP contribution in [-0.4, -0.2) is 44.7 Å². The van der Waals surface area contributed by atoms with E-state index in [1.54, 1.807) is 6.92 Å². The van der Waals surface area contributed by atoms with Crippen LogP contribution in [0.3, 0.4) is 0 Å². The lowest BCUT2D eigenvalue weighted by Gasteiger charge is -2.15. The molecule has 0 amide bonds. The summed E-state index contributed by atoms with van der Waals surface area (Å²) in [6.45, 7) is 5.31. The van der Waals surface area contributed by atoms with Crippen LogP contribution in [0.15, 0.2) is 0 Å². The van der Waals surface area contributed by atoms with Crippen molar-refractivity contribution in [1.82, 2.24) is 5.32 Å². The molecule has 0 radical (unpaired) electrons. The van der Waals surface area contributed by atoms with Crippen LogP contribution in [0.25, 0.3) is 0 Å². The van der Waals surface area contributed by atoms with Crippen molar-refractivity contribution in [2.45, 2.75) is 33.1 Å². The first-order chi connectivity index (χ1) is 7.55. The van der Waals surface area contributed by atoms with Crippen molar-refractivity contribution in [3.05, 3.63) is 0 Å². The van der Waals surface area contributed by atoms with Crippen molar-refractivity contribution in [1.29, 1.82) is 0 Å². The van der Waals surface area contributed by atoms with Crippen molar-refractivity contribution in [2.75, 3.05) is 31.2 Å². The highest BCUT2D eigenvalue weighted by atomic mass is 32.2. The maximum absolute atomic E-state index is 11.2. The Labute approximate surface area is 99.4 Å². The van der Waals surface area contributed by atoms with E-state index < -0.39 is 9.84 Å². The van der Waals surface area contributed by atoms with Gasteiger partial charge in [0.25, 0.3) is 0 Å². The number of sulfone groups is 1. The van der Waals surface area contributed by atoms with Gasteiger partial charge in [-0.05, 0) is 25.3 Å². The highest BCUT2D eigenvalue weighted by Gasteiger charge is 2.09. The lowest BCUT2D eigenvalue weighted by Crippen LogP contribution is -2.29. The summed E-state index contributed by atoms with van der Waals surface area (Å²) in [5, 5.41) is 12.0. The Kier molecular flexibility index (Phi) is 8.89. The molecule has 0 aromatic carbocycles. The second kappa shape index (κ2) is 8.96. The normalized spacial score (nSPS) is 13.9. The first-order valence-corrected chi connectivity index (χ1v) is 7.89. The highest BCUT2D eigenvalue weighted by Crippen LogP contribution is 2.09. The van der Waals surface area contributed by atoms with E-state index in [0.717, 1.165) is 25.8 Å². The van der Waals surface area contributed by atoms with Crippen molar-refractivity contribution >= 4 is 9.84 Å². The fraction of sp³-hybridized carbons (Fsp3) is 1.00. The molecule has 0 aromatic rings. The first-order valence-electron chi connectivity index (χ1n) is 6.07. The molecule has 0 rings (SSSR count). The zero-order valence-electron chi connectivity index (χ0n) is 10.4. The quantitative estimate of drug-likeness (QED) is 0.564. The topological polar surface area (TPSA) is 66.4 Å². The monoisotopic (exact) mass is 251 g/mol. The molecular formula is C11H25NO3S. The average molecular weight is 251 g/mol. The summed E-state index contributed by atoms with van der Waals surface area (Å²) >= 11 is 0. The minimum absolute atomic E-state index is 0.208. The Morgan fingerprint density at radius 2 is 1.94 bits per heavy atom. The SMILES string of the molecule is CCCC(CCO)CNCCS(=O)(=O)CC. The minimum Gasteiger partial charge on any atom is -0.396 e. The average Bonchev–Trinajstić information content (AvgIpc) is 2.25. The lowest BCUT2D eigenvalue weighted by molar-refractivity contribution is 0.248. The molecule has 0 saturated carbocycles. The van der Waals surface area contributed by atoms with E-state index >= 15 is 0 Å². The van der Waals surface area contributed by atoms with Crippen molar-refractivity contribution < 1.29 is 13.5 Å². The number of aliphatic hydroxyl groups is 1. The van der Waals surface area contributed by atoms with E-state index in [1.807, 2.05) is 0 Å². The van der Waals surface area contributed by atoms with E-state index in [-0.39, 0.29) is 18.1 Å². The molecule has 0 aliphatic heterocycles. The third-order valence-corrected chi connectivity index (χ3v) is 4.40. The third-order valence-electron chi connectivity index (χ3n) is 2.70. The van der Waals surface area contributed by atoms with Gasteiger partial charge in [-0.25, -0.2) is 8.42 Å².